The standard InChI is InChI=1S/C25H22ClN5O/c1-16-13-23(31(29-16)22-10-6-18-14-20(26)7-3-19(18)15-22)25(32)28-21-8-4-17(5-9-21)24-27-11-12-30(24)2/h3-10,13-15H,11-12H2,1-2H3,(H,28,32). The minimum absolute atomic E-state index is 0.218. The van der Waals surface area contributed by atoms with Gasteiger partial charge in [-0.15, -0.1) is 0 Å². The summed E-state index contributed by atoms with van der Waals surface area (Å²) in [6, 6.07) is 21.2. The Balaban J connectivity index is 1.41. The number of likely N-dealkylation sites (N-methyl/N-ethyl adjacent to an activating group) is 1. The Labute approximate surface area is 191 Å². The van der Waals surface area contributed by atoms with Crippen molar-refractivity contribution in [2.45, 2.75) is 6.92 Å². The zero-order chi connectivity index (χ0) is 22.2. The molecule has 0 saturated carbocycles. The van der Waals surface area contributed by atoms with Crippen molar-refractivity contribution in [2.24, 2.45) is 4.99 Å². The van der Waals surface area contributed by atoms with Crippen LogP contribution in [-0.4, -0.2) is 46.6 Å². The van der Waals surface area contributed by atoms with E-state index in [1.54, 1.807) is 10.7 Å². The van der Waals surface area contributed by atoms with Gasteiger partial charge in [0, 0.05) is 29.9 Å². The molecule has 1 aromatic heterocycles. The highest BCUT2D eigenvalue weighted by Gasteiger charge is 2.17. The molecule has 0 atom stereocenters. The lowest BCUT2D eigenvalue weighted by molar-refractivity contribution is 0.101. The van der Waals surface area contributed by atoms with Crippen LogP contribution in [-0.2, 0) is 0 Å². The number of aryl methyl sites for hydroxylation is 1. The molecule has 2 heterocycles. The molecule has 1 aliphatic rings. The second-order valence-electron chi connectivity index (χ2n) is 7.92. The second kappa shape index (κ2) is 8.13. The summed E-state index contributed by atoms with van der Waals surface area (Å²) in [5.41, 5.74) is 3.82. The van der Waals surface area contributed by atoms with E-state index >= 15 is 0 Å². The molecule has 1 amide bonds. The first-order chi connectivity index (χ1) is 15.5. The third kappa shape index (κ3) is 3.85. The van der Waals surface area contributed by atoms with Gasteiger partial charge in [0.25, 0.3) is 5.91 Å². The summed E-state index contributed by atoms with van der Waals surface area (Å²) in [5.74, 6) is 0.763. The maximum Gasteiger partial charge on any atom is 0.274 e. The Morgan fingerprint density at radius 3 is 2.50 bits per heavy atom. The first-order valence-corrected chi connectivity index (χ1v) is 10.8. The number of amidine groups is 1. The van der Waals surface area contributed by atoms with Gasteiger partial charge in [-0.05, 0) is 72.3 Å². The zero-order valence-corrected chi connectivity index (χ0v) is 18.6. The highest BCUT2D eigenvalue weighted by Crippen LogP contribution is 2.24. The van der Waals surface area contributed by atoms with Crippen LogP contribution < -0.4 is 5.32 Å². The summed E-state index contributed by atoms with van der Waals surface area (Å²) in [4.78, 5) is 19.8. The van der Waals surface area contributed by atoms with Crippen molar-refractivity contribution in [3.05, 3.63) is 88.7 Å². The molecular weight excluding hydrogens is 422 g/mol. The average molecular weight is 444 g/mol. The van der Waals surface area contributed by atoms with Crippen LogP contribution in [0.1, 0.15) is 21.7 Å². The Morgan fingerprint density at radius 1 is 1.00 bits per heavy atom. The lowest BCUT2D eigenvalue weighted by Gasteiger charge is -2.14. The van der Waals surface area contributed by atoms with E-state index in [2.05, 4.69) is 20.3 Å². The Morgan fingerprint density at radius 2 is 1.75 bits per heavy atom. The summed E-state index contributed by atoms with van der Waals surface area (Å²) in [7, 11) is 2.03. The molecule has 0 bridgehead atoms. The number of hydrogen-bond donors (Lipinski definition) is 1. The molecule has 6 nitrogen and oxygen atoms in total. The molecular formula is C25H22ClN5O. The van der Waals surface area contributed by atoms with Crippen LogP contribution in [0.3, 0.4) is 0 Å². The van der Waals surface area contributed by atoms with Gasteiger partial charge >= 0.3 is 0 Å². The molecule has 3 aromatic carbocycles. The van der Waals surface area contributed by atoms with Gasteiger partial charge in [-0.3, -0.25) is 9.79 Å². The number of benzene rings is 3. The van der Waals surface area contributed by atoms with Crippen molar-refractivity contribution in [1.29, 1.82) is 0 Å². The normalized spacial score (nSPS) is 13.5. The van der Waals surface area contributed by atoms with Crippen molar-refractivity contribution in [1.82, 2.24) is 14.7 Å². The molecule has 4 aromatic rings. The van der Waals surface area contributed by atoms with E-state index in [-0.39, 0.29) is 5.91 Å². The predicted molar refractivity (Wildman–Crippen MR) is 129 cm³/mol. The average Bonchev–Trinajstić information content (AvgIpc) is 3.39. The van der Waals surface area contributed by atoms with Crippen LogP contribution in [0.4, 0.5) is 5.69 Å². The molecule has 1 aliphatic heterocycles. The number of rotatable bonds is 4. The Kier molecular flexibility index (Phi) is 5.15. The number of carbonyl (C=O) groups excluding carboxylic acids is 1. The molecule has 7 heteroatoms. The van der Waals surface area contributed by atoms with Crippen molar-refractivity contribution in [3.63, 3.8) is 0 Å². The van der Waals surface area contributed by atoms with Crippen LogP contribution >= 0.6 is 11.6 Å². The number of hydrogen-bond acceptors (Lipinski definition) is 4. The number of anilines is 1. The van der Waals surface area contributed by atoms with Crippen LogP contribution in [0.2, 0.25) is 5.02 Å². The smallest absolute Gasteiger partial charge is 0.274 e. The van der Waals surface area contributed by atoms with Crippen molar-refractivity contribution in [2.75, 3.05) is 25.5 Å². The number of halogens is 1. The predicted octanol–water partition coefficient (Wildman–Crippen LogP) is 4.93. The summed E-state index contributed by atoms with van der Waals surface area (Å²) in [5, 5.41) is 10.3. The van der Waals surface area contributed by atoms with Gasteiger partial charge in [-0.1, -0.05) is 23.7 Å². The van der Waals surface area contributed by atoms with E-state index in [0.717, 1.165) is 52.3 Å². The maximum atomic E-state index is 13.1. The number of aliphatic imine (C=N–C) groups is 1. The summed E-state index contributed by atoms with van der Waals surface area (Å²) >= 11 is 6.10. The SMILES string of the molecule is Cc1cc(C(=O)Nc2ccc(C3=NCCN3C)cc2)n(-c2ccc3cc(Cl)ccc3c2)n1. The monoisotopic (exact) mass is 443 g/mol. The van der Waals surface area contributed by atoms with Gasteiger partial charge < -0.3 is 10.2 Å². The fourth-order valence-corrected chi connectivity index (χ4v) is 4.12. The largest absolute Gasteiger partial charge is 0.358 e. The van der Waals surface area contributed by atoms with Gasteiger partial charge in [0.1, 0.15) is 11.5 Å². The van der Waals surface area contributed by atoms with Crippen molar-refractivity contribution in [3.8, 4) is 5.69 Å². The molecule has 0 fully saturated rings. The van der Waals surface area contributed by atoms with E-state index in [0.29, 0.717) is 10.7 Å². The lowest BCUT2D eigenvalue weighted by Crippen LogP contribution is -2.23. The highest BCUT2D eigenvalue weighted by molar-refractivity contribution is 6.31. The quantitative estimate of drug-likeness (QED) is 0.486. The van der Waals surface area contributed by atoms with Gasteiger partial charge in [0.05, 0.1) is 17.9 Å². The molecule has 0 aliphatic carbocycles. The third-order valence-corrected chi connectivity index (χ3v) is 5.79. The molecule has 1 N–H and O–H groups in total. The summed E-state index contributed by atoms with van der Waals surface area (Å²) in [6.45, 7) is 3.62. The molecule has 160 valence electrons. The van der Waals surface area contributed by atoms with Crippen LogP contribution in [0.15, 0.2) is 71.7 Å². The molecule has 0 radical (unpaired) electrons. The number of fused-ring (bicyclic) bond motifs is 1. The number of amides is 1. The molecule has 0 saturated heterocycles. The number of aromatic nitrogens is 2. The summed E-state index contributed by atoms with van der Waals surface area (Å²) in [6.07, 6.45) is 0. The van der Waals surface area contributed by atoms with Gasteiger partial charge in [-0.2, -0.15) is 5.10 Å². The van der Waals surface area contributed by atoms with Crippen LogP contribution in [0.25, 0.3) is 16.5 Å². The lowest BCUT2D eigenvalue weighted by atomic mass is 10.1. The summed E-state index contributed by atoms with van der Waals surface area (Å²) < 4.78 is 1.68. The first kappa shape index (κ1) is 20.3. The van der Waals surface area contributed by atoms with E-state index in [1.165, 1.54) is 0 Å². The Hall–Kier alpha value is -3.64. The second-order valence-corrected chi connectivity index (χ2v) is 8.35. The van der Waals surface area contributed by atoms with E-state index in [4.69, 9.17) is 11.6 Å². The highest BCUT2D eigenvalue weighted by atomic mass is 35.5. The number of carbonyl (C=O) groups is 1. The van der Waals surface area contributed by atoms with Crippen molar-refractivity contribution < 1.29 is 4.79 Å². The minimum atomic E-state index is -0.218. The van der Waals surface area contributed by atoms with Gasteiger partial charge in [0.15, 0.2) is 0 Å². The first-order valence-electron chi connectivity index (χ1n) is 10.4. The fraction of sp³-hybridized carbons (Fsp3) is 0.160. The zero-order valence-electron chi connectivity index (χ0n) is 17.8. The molecule has 0 spiro atoms. The van der Waals surface area contributed by atoms with E-state index < -0.39 is 0 Å². The van der Waals surface area contributed by atoms with E-state index in [1.807, 2.05) is 74.6 Å². The molecule has 5 rings (SSSR count). The number of nitrogens with zero attached hydrogens (tertiary/aromatic N) is 4. The minimum Gasteiger partial charge on any atom is -0.358 e. The van der Waals surface area contributed by atoms with Crippen LogP contribution in [0.5, 0.6) is 0 Å². The van der Waals surface area contributed by atoms with Crippen LogP contribution in [0, 0.1) is 6.92 Å². The van der Waals surface area contributed by atoms with E-state index in [9.17, 15) is 4.79 Å². The number of nitrogens with one attached hydrogen (secondary N) is 1. The fourth-order valence-electron chi connectivity index (χ4n) is 3.94. The topological polar surface area (TPSA) is 62.5 Å². The Bertz CT molecular complexity index is 1360. The maximum absolute atomic E-state index is 13.1. The van der Waals surface area contributed by atoms with Gasteiger partial charge in [-0.25, -0.2) is 4.68 Å². The molecule has 32 heavy (non-hydrogen) atoms. The van der Waals surface area contributed by atoms with Gasteiger partial charge in [0.2, 0.25) is 0 Å². The molecule has 0 unspecified atom stereocenters. The van der Waals surface area contributed by atoms with Crippen molar-refractivity contribution >= 4 is 39.8 Å². The third-order valence-electron chi connectivity index (χ3n) is 5.55.